The first-order valence-corrected chi connectivity index (χ1v) is 39.1. The largest absolute Gasteiger partial charge is 0.439 e. The number of ether oxygens (including phenoxy) is 1. The normalized spacial score (nSPS) is 19.6. The molecule has 1 heterocycles. The van der Waals surface area contributed by atoms with E-state index in [1.54, 1.807) is 0 Å². The van der Waals surface area contributed by atoms with E-state index in [1.807, 2.05) is 0 Å². The minimum absolute atomic E-state index is 0.200. The van der Waals surface area contributed by atoms with Crippen LogP contribution in [0, 0.1) is 5.92 Å². The lowest BCUT2D eigenvalue weighted by atomic mass is 10.0. The van der Waals surface area contributed by atoms with Crippen LogP contribution in [0.5, 0.6) is 0 Å². The lowest BCUT2D eigenvalue weighted by Gasteiger charge is -2.41. The summed E-state index contributed by atoms with van der Waals surface area (Å²) in [6.45, 7) is 38.9. The van der Waals surface area contributed by atoms with Crippen LogP contribution in [-0.4, -0.2) is 80.2 Å². The molecule has 1 rings (SSSR count). The van der Waals surface area contributed by atoms with Crippen LogP contribution >= 0.6 is 0 Å². The van der Waals surface area contributed by atoms with Crippen molar-refractivity contribution in [2.24, 2.45) is 5.92 Å². The van der Waals surface area contributed by atoms with E-state index >= 15 is 0 Å². The molecular formula is C25H64O9Si8. The summed E-state index contributed by atoms with van der Waals surface area (Å²) < 4.78 is 42.4. The molecule has 0 aliphatic carbocycles. The Hall–Kier alpha value is 0.635. The minimum atomic E-state index is -2.45. The van der Waals surface area contributed by atoms with Gasteiger partial charge in [0.05, 0.1) is 12.3 Å². The first-order chi connectivity index (χ1) is 18.3. The van der Waals surface area contributed by atoms with E-state index in [-0.39, 0.29) is 18.3 Å². The van der Waals surface area contributed by atoms with E-state index in [0.29, 0.717) is 6.42 Å². The topological polar surface area (TPSA) is 98.8 Å². The third-order valence-corrected chi connectivity index (χ3v) is 30.9. The molecule has 0 bridgehead atoms. The molecule has 0 aromatic carbocycles. The van der Waals surface area contributed by atoms with Crippen molar-refractivity contribution >= 4 is 80.2 Å². The van der Waals surface area contributed by atoms with Gasteiger partial charge in [-0.2, -0.15) is 0 Å². The Morgan fingerprint density at radius 2 is 1.10 bits per heavy atom. The van der Waals surface area contributed by atoms with Gasteiger partial charge in [-0.3, -0.25) is 9.59 Å². The maximum Gasteiger partial charge on any atom is 0.317 e. The van der Waals surface area contributed by atoms with Crippen LogP contribution in [0.25, 0.3) is 0 Å². The highest BCUT2D eigenvalue weighted by molar-refractivity contribution is 6.89. The highest BCUT2D eigenvalue weighted by Crippen LogP contribution is 2.30. The molecule has 0 radical (unpaired) electrons. The Bertz CT molecular complexity index is 877. The number of hydrogen-bond acceptors (Lipinski definition) is 9. The molecule has 0 aromatic heterocycles. The molecule has 0 amide bonds. The fraction of sp³-hybridized carbons (Fsp3) is 0.920. The summed E-state index contributed by atoms with van der Waals surface area (Å²) >= 11 is 0. The number of cyclic esters (lactones) is 2. The van der Waals surface area contributed by atoms with Gasteiger partial charge < -0.3 is 29.4 Å². The predicted octanol–water partition coefficient (Wildman–Crippen LogP) is 7.61. The van der Waals surface area contributed by atoms with Gasteiger partial charge >= 0.3 is 37.6 Å². The average Bonchev–Trinajstić information content (AvgIpc) is 2.90. The van der Waals surface area contributed by atoms with Gasteiger partial charge in [0.2, 0.25) is 0 Å². The second-order valence-corrected chi connectivity index (χ2v) is 47.7. The summed E-state index contributed by atoms with van der Waals surface area (Å²) in [6.07, 6.45) is 1.63. The zero-order valence-corrected chi connectivity index (χ0v) is 38.3. The molecule has 1 saturated heterocycles. The number of carbonyl (C=O) groups is 2. The molecular weight excluding hydrogens is 669 g/mol. The highest BCUT2D eigenvalue weighted by Gasteiger charge is 2.44. The van der Waals surface area contributed by atoms with Gasteiger partial charge in [-0.1, -0.05) is 6.42 Å². The quantitative estimate of drug-likeness (QED) is 0.0903. The second kappa shape index (κ2) is 16.0. The molecule has 1 aliphatic rings. The maximum absolute atomic E-state index is 11.7. The van der Waals surface area contributed by atoms with Crippen molar-refractivity contribution in [3.63, 3.8) is 0 Å². The molecule has 9 nitrogen and oxygen atoms in total. The highest BCUT2D eigenvalue weighted by atomic mass is 28.5. The Kier molecular flexibility index (Phi) is 16.2. The Balaban J connectivity index is 0.000000903. The van der Waals surface area contributed by atoms with Crippen LogP contribution in [0.15, 0.2) is 0 Å². The number of carbonyl (C=O) groups excluding carboxylic acids is 2. The van der Waals surface area contributed by atoms with Crippen LogP contribution in [-0.2, 0) is 39.0 Å². The van der Waals surface area contributed by atoms with E-state index in [2.05, 4.69) is 123 Å². The molecule has 17 heteroatoms. The molecule has 0 aromatic rings. The Labute approximate surface area is 267 Å². The van der Waals surface area contributed by atoms with Crippen molar-refractivity contribution in [2.75, 3.05) is 0 Å². The van der Waals surface area contributed by atoms with Gasteiger partial charge in [0.1, 0.15) is 0 Å². The summed E-state index contributed by atoms with van der Waals surface area (Å²) in [7, 11) is -14.7. The van der Waals surface area contributed by atoms with Crippen molar-refractivity contribution in [2.45, 2.75) is 143 Å². The summed E-state index contributed by atoms with van der Waals surface area (Å²) in [4.78, 5) is 22.9. The Morgan fingerprint density at radius 1 is 0.643 bits per heavy atom. The van der Waals surface area contributed by atoms with Crippen molar-refractivity contribution < 1.29 is 39.0 Å². The van der Waals surface area contributed by atoms with Crippen LogP contribution in [0.4, 0.5) is 0 Å². The molecule has 3 unspecified atom stereocenters. The summed E-state index contributed by atoms with van der Waals surface area (Å²) in [5.41, 5.74) is 0. The SMILES string of the molecule is C[SiH](O[Si](C)(C)C)O[Si](C)(C)O[Si](C)(C)C.C[Si](C)(C)O[Si](C)(C)O[Si](C)(CCCC1CC(=O)OC1=O)O[Si](C)(C)C. The van der Waals surface area contributed by atoms with Crippen molar-refractivity contribution in [3.05, 3.63) is 0 Å². The predicted molar refractivity (Wildman–Crippen MR) is 193 cm³/mol. The fourth-order valence-corrected chi connectivity index (χ4v) is 37.5. The number of hydrogen-bond donors (Lipinski definition) is 0. The fourth-order valence-electron chi connectivity index (χ4n) is 5.14. The summed E-state index contributed by atoms with van der Waals surface area (Å²) in [6, 6.07) is 0.792. The van der Waals surface area contributed by atoms with E-state index in [0.717, 1.165) is 12.5 Å². The smallest absolute Gasteiger partial charge is 0.317 e. The van der Waals surface area contributed by atoms with Gasteiger partial charge in [0.15, 0.2) is 33.3 Å². The van der Waals surface area contributed by atoms with E-state index in [1.165, 1.54) is 0 Å². The lowest BCUT2D eigenvalue weighted by molar-refractivity contribution is -0.153. The lowest BCUT2D eigenvalue weighted by Crippen LogP contribution is -2.56. The first-order valence-electron chi connectivity index (χ1n) is 15.2. The van der Waals surface area contributed by atoms with E-state index in [4.69, 9.17) is 24.7 Å². The van der Waals surface area contributed by atoms with Gasteiger partial charge in [0.25, 0.3) is 9.28 Å². The van der Waals surface area contributed by atoms with Crippen LogP contribution in [0.1, 0.15) is 19.3 Å². The van der Waals surface area contributed by atoms with Gasteiger partial charge in [0, 0.05) is 0 Å². The maximum atomic E-state index is 11.7. The van der Waals surface area contributed by atoms with Crippen LogP contribution < -0.4 is 0 Å². The van der Waals surface area contributed by atoms with Crippen LogP contribution in [0.3, 0.4) is 0 Å². The van der Waals surface area contributed by atoms with Crippen molar-refractivity contribution in [1.82, 2.24) is 0 Å². The minimum Gasteiger partial charge on any atom is -0.439 e. The summed E-state index contributed by atoms with van der Waals surface area (Å²) in [5.74, 6) is -1.11. The first kappa shape index (κ1) is 42.6. The van der Waals surface area contributed by atoms with Gasteiger partial charge in [-0.05, 0) is 130 Å². The Morgan fingerprint density at radius 3 is 1.48 bits per heavy atom. The second-order valence-electron chi connectivity index (χ2n) is 16.2. The van der Waals surface area contributed by atoms with Gasteiger partial charge in [-0.25, -0.2) is 0 Å². The number of rotatable bonds is 16. The molecule has 0 spiro atoms. The molecule has 3 atom stereocenters. The van der Waals surface area contributed by atoms with E-state index in [9.17, 15) is 9.59 Å². The molecule has 0 saturated carbocycles. The zero-order chi connectivity index (χ0) is 33.6. The average molecular weight is 733 g/mol. The molecule has 0 N–H and O–H groups in total. The standard InChI is InChI=1S/C16H36O6Si4.C9H28O3Si4/c1-23(2,3)20-25(7,8)22-26(9,21-24(4,5)6)12-10-11-14-13-15(17)19-16(14)18;1-13(10-14(2,3)4)11-16(8,9)12-15(5,6)7/h14H,10-13H2,1-9H3;13H,1-9H3. The summed E-state index contributed by atoms with van der Waals surface area (Å²) in [5, 5.41) is 0. The molecule has 1 aliphatic heterocycles. The van der Waals surface area contributed by atoms with Gasteiger partial charge in [-0.15, -0.1) is 0 Å². The van der Waals surface area contributed by atoms with Crippen LogP contribution in [0.2, 0.25) is 124 Å². The monoisotopic (exact) mass is 732 g/mol. The van der Waals surface area contributed by atoms with Crippen molar-refractivity contribution in [1.29, 1.82) is 0 Å². The molecule has 42 heavy (non-hydrogen) atoms. The van der Waals surface area contributed by atoms with E-state index < -0.39 is 74.2 Å². The third kappa shape index (κ3) is 22.2. The van der Waals surface area contributed by atoms with Crippen molar-refractivity contribution in [3.8, 4) is 0 Å². The molecule has 250 valence electrons. The zero-order valence-electron chi connectivity index (χ0n) is 30.2. The number of esters is 2. The molecule has 1 fully saturated rings. The third-order valence-electron chi connectivity index (χ3n) is 5.20.